The van der Waals surface area contributed by atoms with Gasteiger partial charge >= 0.3 is 0 Å². The van der Waals surface area contributed by atoms with Gasteiger partial charge in [-0.05, 0) is 36.2 Å². The van der Waals surface area contributed by atoms with Crippen LogP contribution in [0, 0.1) is 0 Å². The summed E-state index contributed by atoms with van der Waals surface area (Å²) in [5, 5.41) is 3.56. The third-order valence-corrected chi connectivity index (χ3v) is 4.94. The Morgan fingerprint density at radius 2 is 2.14 bits per heavy atom. The fourth-order valence-corrected chi connectivity index (χ4v) is 2.80. The Balaban J connectivity index is 2.72. The molecule has 0 unspecified atom stereocenters. The lowest BCUT2D eigenvalue weighted by atomic mass is 10.3. The molecule has 3 nitrogen and oxygen atoms in total. The average molecular weight is 233 g/mol. The highest BCUT2D eigenvalue weighted by Crippen LogP contribution is 2.13. The fourth-order valence-electron chi connectivity index (χ4n) is 1.09. The van der Waals surface area contributed by atoms with Crippen molar-refractivity contribution in [1.82, 2.24) is 4.31 Å². The summed E-state index contributed by atoms with van der Waals surface area (Å²) in [5.74, 6) is 0. The molecular weight excluding hydrogens is 218 g/mol. The van der Waals surface area contributed by atoms with Gasteiger partial charge < -0.3 is 0 Å². The van der Waals surface area contributed by atoms with E-state index in [0.29, 0.717) is 6.54 Å². The second-order valence-corrected chi connectivity index (χ2v) is 6.86. The standard InChI is InChI=1S/C9H15NO2S2/c1-8(2)14(11,12)10(3)6-9-4-5-13-7-9/h4-5,7-8H,6H2,1-3H3. The van der Waals surface area contributed by atoms with Crippen LogP contribution in [0.1, 0.15) is 19.4 Å². The molecule has 0 amide bonds. The van der Waals surface area contributed by atoms with E-state index in [1.807, 2.05) is 16.8 Å². The zero-order valence-corrected chi connectivity index (χ0v) is 10.2. The molecule has 1 heterocycles. The molecule has 0 atom stereocenters. The van der Waals surface area contributed by atoms with E-state index in [-0.39, 0.29) is 5.25 Å². The molecule has 1 aromatic rings. The van der Waals surface area contributed by atoms with Crippen LogP contribution >= 0.6 is 11.3 Å². The van der Waals surface area contributed by atoms with Gasteiger partial charge in [-0.15, -0.1) is 0 Å². The average Bonchev–Trinajstić information content (AvgIpc) is 2.56. The van der Waals surface area contributed by atoms with Crippen molar-refractivity contribution >= 4 is 21.4 Å². The smallest absolute Gasteiger partial charge is 0.212 e. The van der Waals surface area contributed by atoms with Gasteiger partial charge in [-0.1, -0.05) is 0 Å². The molecule has 0 N–H and O–H groups in total. The van der Waals surface area contributed by atoms with Crippen molar-refractivity contribution in [2.75, 3.05) is 7.05 Å². The molecule has 0 radical (unpaired) electrons. The van der Waals surface area contributed by atoms with E-state index < -0.39 is 10.0 Å². The van der Waals surface area contributed by atoms with E-state index in [1.54, 1.807) is 32.2 Å². The van der Waals surface area contributed by atoms with E-state index in [2.05, 4.69) is 0 Å². The Bertz CT molecular complexity index is 368. The number of thiophene rings is 1. The van der Waals surface area contributed by atoms with Crippen LogP contribution in [-0.2, 0) is 16.6 Å². The maximum Gasteiger partial charge on any atom is 0.216 e. The zero-order chi connectivity index (χ0) is 10.8. The summed E-state index contributed by atoms with van der Waals surface area (Å²) in [6, 6.07) is 1.94. The lowest BCUT2D eigenvalue weighted by molar-refractivity contribution is 0.460. The van der Waals surface area contributed by atoms with Crippen LogP contribution < -0.4 is 0 Å². The maximum atomic E-state index is 11.7. The van der Waals surface area contributed by atoms with Gasteiger partial charge in [0.1, 0.15) is 0 Å². The quantitative estimate of drug-likeness (QED) is 0.796. The predicted molar refractivity (Wildman–Crippen MR) is 59.8 cm³/mol. The Hall–Kier alpha value is -0.390. The highest BCUT2D eigenvalue weighted by atomic mass is 32.2. The minimum absolute atomic E-state index is 0.355. The second-order valence-electron chi connectivity index (χ2n) is 3.48. The molecule has 0 saturated heterocycles. The monoisotopic (exact) mass is 233 g/mol. The highest BCUT2D eigenvalue weighted by Gasteiger charge is 2.21. The summed E-state index contributed by atoms with van der Waals surface area (Å²) in [7, 11) is -1.50. The van der Waals surface area contributed by atoms with E-state index in [9.17, 15) is 8.42 Å². The molecule has 0 aliphatic rings. The van der Waals surface area contributed by atoms with E-state index in [1.165, 1.54) is 4.31 Å². The number of nitrogens with zero attached hydrogens (tertiary/aromatic N) is 1. The van der Waals surface area contributed by atoms with Gasteiger partial charge in [0.25, 0.3) is 0 Å². The maximum absolute atomic E-state index is 11.7. The predicted octanol–water partition coefficient (Wildman–Crippen LogP) is 1.92. The Kier molecular flexibility index (Phi) is 3.69. The molecule has 0 spiro atoms. The Morgan fingerprint density at radius 3 is 2.57 bits per heavy atom. The summed E-state index contributed by atoms with van der Waals surface area (Å²) in [5.41, 5.74) is 1.04. The van der Waals surface area contributed by atoms with Crippen LogP contribution in [0.3, 0.4) is 0 Å². The molecule has 0 aromatic carbocycles. The van der Waals surface area contributed by atoms with Crippen molar-refractivity contribution in [2.45, 2.75) is 25.6 Å². The van der Waals surface area contributed by atoms with E-state index in [0.717, 1.165) is 5.56 Å². The van der Waals surface area contributed by atoms with Crippen LogP contribution in [0.15, 0.2) is 16.8 Å². The van der Waals surface area contributed by atoms with Gasteiger partial charge in [0, 0.05) is 13.6 Å². The lowest BCUT2D eigenvalue weighted by Crippen LogP contribution is -2.32. The van der Waals surface area contributed by atoms with Crippen LogP contribution in [0.4, 0.5) is 0 Å². The van der Waals surface area contributed by atoms with Gasteiger partial charge in [-0.3, -0.25) is 0 Å². The van der Waals surface area contributed by atoms with Gasteiger partial charge in [-0.25, -0.2) is 12.7 Å². The molecule has 0 aliphatic carbocycles. The van der Waals surface area contributed by atoms with Crippen LogP contribution in [-0.4, -0.2) is 25.0 Å². The number of sulfonamides is 1. The third-order valence-electron chi connectivity index (χ3n) is 2.02. The first-order chi connectivity index (χ1) is 6.44. The van der Waals surface area contributed by atoms with E-state index >= 15 is 0 Å². The summed E-state index contributed by atoms with van der Waals surface area (Å²) >= 11 is 1.58. The Labute approximate surface area is 89.4 Å². The van der Waals surface area contributed by atoms with Crippen molar-refractivity contribution in [3.05, 3.63) is 22.4 Å². The molecule has 80 valence electrons. The first kappa shape index (κ1) is 11.7. The number of rotatable bonds is 4. The van der Waals surface area contributed by atoms with Crippen molar-refractivity contribution in [2.24, 2.45) is 0 Å². The molecule has 1 aromatic heterocycles. The Morgan fingerprint density at radius 1 is 1.50 bits per heavy atom. The summed E-state index contributed by atoms with van der Waals surface area (Å²) in [6.45, 7) is 3.85. The second kappa shape index (κ2) is 4.42. The molecule has 14 heavy (non-hydrogen) atoms. The van der Waals surface area contributed by atoms with Gasteiger partial charge in [0.2, 0.25) is 10.0 Å². The van der Waals surface area contributed by atoms with Crippen molar-refractivity contribution < 1.29 is 8.42 Å². The van der Waals surface area contributed by atoms with Gasteiger partial charge in [-0.2, -0.15) is 11.3 Å². The molecule has 0 saturated carbocycles. The van der Waals surface area contributed by atoms with Crippen molar-refractivity contribution in [3.63, 3.8) is 0 Å². The lowest BCUT2D eigenvalue weighted by Gasteiger charge is -2.18. The van der Waals surface area contributed by atoms with Gasteiger partial charge in [0.15, 0.2) is 0 Å². The third kappa shape index (κ3) is 2.56. The van der Waals surface area contributed by atoms with E-state index in [4.69, 9.17) is 0 Å². The molecular formula is C9H15NO2S2. The first-order valence-corrected chi connectivity index (χ1v) is 6.85. The topological polar surface area (TPSA) is 37.4 Å². The molecule has 0 fully saturated rings. The normalized spacial score (nSPS) is 12.6. The first-order valence-electron chi connectivity index (χ1n) is 4.41. The van der Waals surface area contributed by atoms with Crippen LogP contribution in [0.25, 0.3) is 0 Å². The SMILES string of the molecule is CC(C)S(=O)(=O)N(C)Cc1ccsc1. The minimum atomic E-state index is -3.12. The van der Waals surface area contributed by atoms with Crippen LogP contribution in [0.2, 0.25) is 0 Å². The highest BCUT2D eigenvalue weighted by molar-refractivity contribution is 7.89. The number of hydrogen-bond donors (Lipinski definition) is 0. The fraction of sp³-hybridized carbons (Fsp3) is 0.556. The number of hydrogen-bond acceptors (Lipinski definition) is 3. The molecule has 0 aliphatic heterocycles. The van der Waals surface area contributed by atoms with Crippen molar-refractivity contribution in [1.29, 1.82) is 0 Å². The summed E-state index contributed by atoms with van der Waals surface area (Å²) in [6.07, 6.45) is 0. The molecule has 0 bridgehead atoms. The summed E-state index contributed by atoms with van der Waals surface area (Å²) in [4.78, 5) is 0. The summed E-state index contributed by atoms with van der Waals surface area (Å²) < 4.78 is 24.8. The minimum Gasteiger partial charge on any atom is -0.212 e. The zero-order valence-electron chi connectivity index (χ0n) is 8.60. The van der Waals surface area contributed by atoms with Crippen LogP contribution in [0.5, 0.6) is 0 Å². The van der Waals surface area contributed by atoms with Gasteiger partial charge in [0.05, 0.1) is 5.25 Å². The van der Waals surface area contributed by atoms with Crippen molar-refractivity contribution in [3.8, 4) is 0 Å². The largest absolute Gasteiger partial charge is 0.216 e. The molecule has 1 rings (SSSR count). The molecule has 5 heteroatoms.